The van der Waals surface area contributed by atoms with Crippen molar-refractivity contribution in [2.24, 2.45) is 0 Å². The molecule has 3 aromatic carbocycles. The van der Waals surface area contributed by atoms with E-state index in [4.69, 9.17) is 9.47 Å². The van der Waals surface area contributed by atoms with Crippen LogP contribution in [0.25, 0.3) is 6.08 Å². The van der Waals surface area contributed by atoms with Gasteiger partial charge in [0.1, 0.15) is 18.2 Å². The third-order valence-corrected chi connectivity index (χ3v) is 6.17. The van der Waals surface area contributed by atoms with E-state index in [1.807, 2.05) is 56.3 Å². The minimum atomic E-state index is -0.0743. The summed E-state index contributed by atoms with van der Waals surface area (Å²) >= 11 is 0. The molecule has 4 heteroatoms. The van der Waals surface area contributed by atoms with E-state index in [-0.39, 0.29) is 11.8 Å². The second-order valence-electron chi connectivity index (χ2n) is 8.32. The fourth-order valence-electron chi connectivity index (χ4n) is 4.27. The van der Waals surface area contributed by atoms with Crippen LogP contribution in [0.3, 0.4) is 0 Å². The Hall–Kier alpha value is -3.37. The zero-order valence-corrected chi connectivity index (χ0v) is 18.0. The predicted octanol–water partition coefficient (Wildman–Crippen LogP) is 5.83. The van der Waals surface area contributed by atoms with Crippen LogP contribution in [0.5, 0.6) is 11.5 Å². The van der Waals surface area contributed by atoms with Crippen molar-refractivity contribution in [3.05, 3.63) is 99.8 Å². The Morgan fingerprint density at radius 1 is 1.00 bits per heavy atom. The van der Waals surface area contributed by atoms with Gasteiger partial charge in [-0.1, -0.05) is 60.2 Å². The number of rotatable bonds is 3. The number of hydrogen-bond donors (Lipinski definition) is 0. The Labute approximate surface area is 182 Å². The number of aryl methyl sites for hydroxylation is 1. The maximum absolute atomic E-state index is 13.1. The third kappa shape index (κ3) is 3.53. The number of ether oxygens (including phenoxy) is 2. The van der Waals surface area contributed by atoms with Gasteiger partial charge in [0.15, 0.2) is 5.76 Å². The van der Waals surface area contributed by atoms with E-state index in [9.17, 15) is 4.79 Å². The smallest absolute Gasteiger partial charge is 0.231 e. The van der Waals surface area contributed by atoms with E-state index < -0.39 is 0 Å². The number of ketones is 1. The molecule has 156 valence electrons. The lowest BCUT2D eigenvalue weighted by atomic mass is 9.99. The summed E-state index contributed by atoms with van der Waals surface area (Å²) in [4.78, 5) is 15.4. The van der Waals surface area contributed by atoms with Gasteiger partial charge in [-0.25, -0.2) is 0 Å². The summed E-state index contributed by atoms with van der Waals surface area (Å²) in [5.41, 5.74) is 5.91. The van der Waals surface area contributed by atoms with Gasteiger partial charge in [0.25, 0.3) is 0 Å². The van der Waals surface area contributed by atoms with Gasteiger partial charge in [-0.05, 0) is 44.0 Å². The first-order valence-electron chi connectivity index (χ1n) is 10.6. The highest BCUT2D eigenvalue weighted by molar-refractivity contribution is 6.15. The number of nitrogens with zero attached hydrogens (tertiary/aromatic N) is 1. The molecule has 2 aliphatic rings. The molecular weight excluding hydrogens is 386 g/mol. The number of fused-ring (bicyclic) bond motifs is 2. The van der Waals surface area contributed by atoms with Crippen LogP contribution >= 0.6 is 0 Å². The van der Waals surface area contributed by atoms with Gasteiger partial charge < -0.3 is 9.47 Å². The molecule has 0 saturated carbocycles. The van der Waals surface area contributed by atoms with Crippen LogP contribution in [0.1, 0.15) is 51.1 Å². The Morgan fingerprint density at radius 2 is 1.74 bits per heavy atom. The fourth-order valence-corrected chi connectivity index (χ4v) is 4.27. The quantitative estimate of drug-likeness (QED) is 0.508. The van der Waals surface area contributed by atoms with E-state index in [1.54, 1.807) is 0 Å². The summed E-state index contributed by atoms with van der Waals surface area (Å²) in [6.45, 7) is 7.42. The Morgan fingerprint density at radius 3 is 2.48 bits per heavy atom. The number of hydrogen-bond acceptors (Lipinski definition) is 4. The molecule has 1 atom stereocenters. The first-order valence-corrected chi connectivity index (χ1v) is 10.6. The summed E-state index contributed by atoms with van der Waals surface area (Å²) in [5, 5.41) is 0. The van der Waals surface area contributed by atoms with Crippen molar-refractivity contribution in [1.29, 1.82) is 0 Å². The Kier molecular flexibility index (Phi) is 4.87. The van der Waals surface area contributed by atoms with Crippen molar-refractivity contribution >= 4 is 11.9 Å². The first-order chi connectivity index (χ1) is 15.0. The van der Waals surface area contributed by atoms with Crippen molar-refractivity contribution in [1.82, 2.24) is 4.90 Å². The second-order valence-corrected chi connectivity index (χ2v) is 8.32. The van der Waals surface area contributed by atoms with Crippen LogP contribution in [0, 0.1) is 13.8 Å². The number of allylic oxidation sites excluding steroid dienone is 1. The van der Waals surface area contributed by atoms with Gasteiger partial charge in [-0.15, -0.1) is 0 Å². The molecule has 0 radical (unpaired) electrons. The monoisotopic (exact) mass is 411 g/mol. The molecule has 0 spiro atoms. The van der Waals surface area contributed by atoms with Crippen LogP contribution in [0.2, 0.25) is 0 Å². The minimum Gasteiger partial charge on any atom is -0.477 e. The fraction of sp³-hybridized carbons (Fsp3) is 0.222. The van der Waals surface area contributed by atoms with Crippen LogP contribution in [-0.2, 0) is 6.54 Å². The molecule has 1 unspecified atom stereocenters. The molecule has 3 aromatic rings. The first kappa shape index (κ1) is 19.6. The van der Waals surface area contributed by atoms with Gasteiger partial charge in [0.05, 0.1) is 5.56 Å². The zero-order valence-electron chi connectivity index (χ0n) is 18.0. The van der Waals surface area contributed by atoms with Gasteiger partial charge in [0.2, 0.25) is 5.78 Å². The molecule has 2 heterocycles. The number of carbonyl (C=O) groups excluding carboxylic acids is 1. The molecule has 0 fully saturated rings. The normalized spacial score (nSPS) is 17.6. The second kappa shape index (κ2) is 7.71. The molecule has 0 aromatic heterocycles. The van der Waals surface area contributed by atoms with Gasteiger partial charge in [-0.2, -0.15) is 0 Å². The summed E-state index contributed by atoms with van der Waals surface area (Å²) < 4.78 is 12.2. The lowest BCUT2D eigenvalue weighted by Gasteiger charge is -2.34. The van der Waals surface area contributed by atoms with Gasteiger partial charge in [-0.3, -0.25) is 9.69 Å². The van der Waals surface area contributed by atoms with Crippen molar-refractivity contribution in [3.8, 4) is 11.5 Å². The van der Waals surface area contributed by atoms with Gasteiger partial charge in [0, 0.05) is 23.7 Å². The van der Waals surface area contributed by atoms with Crippen LogP contribution < -0.4 is 9.47 Å². The SMILES string of the molecule is Cc1ccc(/C=C2\Oc3c(cc4c(c3C)OCN(C(C)c3ccccc3)C4)C2=O)cc1. The summed E-state index contributed by atoms with van der Waals surface area (Å²) in [6.07, 6.45) is 1.81. The molecule has 0 aliphatic carbocycles. The maximum atomic E-state index is 13.1. The molecule has 2 aliphatic heterocycles. The van der Waals surface area contributed by atoms with E-state index in [2.05, 4.69) is 36.1 Å². The lowest BCUT2D eigenvalue weighted by Crippen LogP contribution is -2.34. The molecule has 4 nitrogen and oxygen atoms in total. The predicted molar refractivity (Wildman–Crippen MR) is 121 cm³/mol. The van der Waals surface area contributed by atoms with Crippen molar-refractivity contribution < 1.29 is 14.3 Å². The van der Waals surface area contributed by atoms with E-state index in [0.29, 0.717) is 23.8 Å². The largest absolute Gasteiger partial charge is 0.477 e. The van der Waals surface area contributed by atoms with Crippen molar-refractivity contribution in [2.75, 3.05) is 6.73 Å². The molecule has 0 amide bonds. The molecular formula is C27H25NO3. The summed E-state index contributed by atoms with van der Waals surface area (Å²) in [7, 11) is 0. The average molecular weight is 412 g/mol. The molecule has 31 heavy (non-hydrogen) atoms. The standard InChI is InChI=1S/C27H25NO3/c1-17-9-11-20(12-10-17)13-24-25(29)23-14-22-15-28(19(3)21-7-5-4-6-8-21)16-30-26(22)18(2)27(23)31-24/h4-14,19H,15-16H2,1-3H3/b24-13-. The maximum Gasteiger partial charge on any atom is 0.231 e. The highest BCUT2D eigenvalue weighted by atomic mass is 16.5. The van der Waals surface area contributed by atoms with E-state index >= 15 is 0 Å². The third-order valence-electron chi connectivity index (χ3n) is 6.17. The number of benzene rings is 3. The van der Waals surface area contributed by atoms with E-state index in [0.717, 1.165) is 29.0 Å². The molecule has 0 saturated heterocycles. The van der Waals surface area contributed by atoms with Crippen LogP contribution in [-0.4, -0.2) is 17.4 Å². The van der Waals surface area contributed by atoms with Crippen molar-refractivity contribution in [3.63, 3.8) is 0 Å². The average Bonchev–Trinajstić information content (AvgIpc) is 3.11. The zero-order chi connectivity index (χ0) is 21.5. The van der Waals surface area contributed by atoms with E-state index in [1.165, 1.54) is 11.1 Å². The van der Waals surface area contributed by atoms with Gasteiger partial charge >= 0.3 is 0 Å². The van der Waals surface area contributed by atoms with Crippen LogP contribution in [0.15, 0.2) is 66.4 Å². The number of carbonyl (C=O) groups is 1. The Bertz CT molecular complexity index is 1180. The number of Topliss-reactive ketones (excluding diaryl/α,β-unsaturated/α-hetero) is 1. The summed E-state index contributed by atoms with van der Waals surface area (Å²) in [6, 6.07) is 20.6. The highest BCUT2D eigenvalue weighted by Crippen LogP contribution is 2.44. The summed E-state index contributed by atoms with van der Waals surface area (Å²) in [5.74, 6) is 1.74. The topological polar surface area (TPSA) is 38.8 Å². The highest BCUT2D eigenvalue weighted by Gasteiger charge is 2.34. The molecule has 5 rings (SSSR count). The molecule has 0 bridgehead atoms. The minimum absolute atomic E-state index is 0.0743. The lowest BCUT2D eigenvalue weighted by molar-refractivity contribution is 0.0609. The Balaban J connectivity index is 1.45. The molecule has 0 N–H and O–H groups in total. The van der Waals surface area contributed by atoms with Crippen LogP contribution in [0.4, 0.5) is 0 Å². The van der Waals surface area contributed by atoms with Crippen molar-refractivity contribution in [2.45, 2.75) is 33.4 Å².